The molecule has 17 heavy (non-hydrogen) atoms. The van der Waals surface area contributed by atoms with Crippen LogP contribution in [0, 0.1) is 5.41 Å². The predicted molar refractivity (Wildman–Crippen MR) is 62.5 cm³/mol. The van der Waals surface area contributed by atoms with Gasteiger partial charge in [-0.2, -0.15) is 0 Å². The van der Waals surface area contributed by atoms with Crippen molar-refractivity contribution in [2.24, 2.45) is 5.41 Å². The number of aliphatic carboxylic acids is 1. The fourth-order valence-corrected chi connectivity index (χ4v) is 2.13. The normalized spacial score (nSPS) is 21.1. The van der Waals surface area contributed by atoms with Gasteiger partial charge in [-0.3, -0.25) is 9.59 Å². The van der Waals surface area contributed by atoms with Crippen LogP contribution in [0.2, 0.25) is 0 Å². The average Bonchev–Trinajstić information content (AvgIpc) is 2.12. The fourth-order valence-electron chi connectivity index (χ4n) is 2.13. The minimum atomic E-state index is -0.792. The highest BCUT2D eigenvalue weighted by atomic mass is 16.4. The van der Waals surface area contributed by atoms with Gasteiger partial charge >= 0.3 is 5.97 Å². The summed E-state index contributed by atoms with van der Waals surface area (Å²) in [4.78, 5) is 22.9. The van der Waals surface area contributed by atoms with Gasteiger partial charge in [-0.15, -0.1) is 0 Å². The van der Waals surface area contributed by atoms with E-state index in [-0.39, 0.29) is 12.5 Å². The third-order valence-electron chi connectivity index (χ3n) is 3.90. The maximum atomic E-state index is 11.8. The summed E-state index contributed by atoms with van der Waals surface area (Å²) < 4.78 is 0. The monoisotopic (exact) mass is 238 g/mol. The molecule has 1 saturated carbocycles. The Morgan fingerprint density at radius 1 is 1.41 bits per heavy atom. The van der Waals surface area contributed by atoms with Crippen LogP contribution in [0.3, 0.4) is 0 Å². The first kappa shape index (κ1) is 12.1. The van der Waals surface area contributed by atoms with E-state index < -0.39 is 11.4 Å². The van der Waals surface area contributed by atoms with Crippen molar-refractivity contribution in [1.82, 2.24) is 10.6 Å². The minimum absolute atomic E-state index is 0.131. The van der Waals surface area contributed by atoms with Crippen molar-refractivity contribution in [2.45, 2.75) is 26.2 Å². The molecule has 0 unspecified atom stereocenters. The van der Waals surface area contributed by atoms with Crippen molar-refractivity contribution in [1.29, 1.82) is 0 Å². The lowest BCUT2D eigenvalue weighted by atomic mass is 9.69. The molecule has 1 heterocycles. The van der Waals surface area contributed by atoms with E-state index in [9.17, 15) is 9.59 Å². The Balaban J connectivity index is 1.89. The second-order valence-corrected chi connectivity index (χ2v) is 4.95. The van der Waals surface area contributed by atoms with E-state index in [0.717, 1.165) is 30.7 Å². The van der Waals surface area contributed by atoms with Crippen molar-refractivity contribution in [3.05, 3.63) is 11.1 Å². The Kier molecular flexibility index (Phi) is 3.19. The molecule has 5 nitrogen and oxygen atoms in total. The molecule has 3 N–H and O–H groups in total. The lowest BCUT2D eigenvalue weighted by Gasteiger charge is -2.37. The Morgan fingerprint density at radius 3 is 2.41 bits per heavy atom. The van der Waals surface area contributed by atoms with Crippen molar-refractivity contribution >= 4 is 11.9 Å². The summed E-state index contributed by atoms with van der Waals surface area (Å²) in [6.07, 6.45) is 2.27. The highest BCUT2D eigenvalue weighted by Gasteiger charge is 2.44. The molecule has 5 heteroatoms. The number of carbonyl (C=O) groups excluding carboxylic acids is 1. The van der Waals surface area contributed by atoms with Gasteiger partial charge < -0.3 is 15.7 Å². The first-order valence-corrected chi connectivity index (χ1v) is 5.96. The number of hydrogen-bond donors (Lipinski definition) is 3. The zero-order valence-electron chi connectivity index (χ0n) is 10.0. The summed E-state index contributed by atoms with van der Waals surface area (Å²) in [6.45, 7) is 3.57. The predicted octanol–water partition coefficient (Wildman–Crippen LogP) is 0.277. The van der Waals surface area contributed by atoms with E-state index in [4.69, 9.17) is 5.11 Å². The first-order chi connectivity index (χ1) is 8.05. The molecule has 0 atom stereocenters. The summed E-state index contributed by atoms with van der Waals surface area (Å²) >= 11 is 0. The van der Waals surface area contributed by atoms with Crippen LogP contribution in [0.1, 0.15) is 26.2 Å². The summed E-state index contributed by atoms with van der Waals surface area (Å²) in [5, 5.41) is 15.0. The van der Waals surface area contributed by atoms with Gasteiger partial charge in [0.2, 0.25) is 5.91 Å². The summed E-state index contributed by atoms with van der Waals surface area (Å²) in [5.74, 6) is -0.923. The fraction of sp³-hybridized carbons (Fsp3) is 0.667. The van der Waals surface area contributed by atoms with Crippen molar-refractivity contribution < 1.29 is 14.7 Å². The van der Waals surface area contributed by atoms with Crippen LogP contribution in [0.4, 0.5) is 0 Å². The van der Waals surface area contributed by atoms with Crippen LogP contribution in [0.25, 0.3) is 0 Å². The maximum absolute atomic E-state index is 11.8. The van der Waals surface area contributed by atoms with Gasteiger partial charge in [0.1, 0.15) is 0 Å². The Hall–Kier alpha value is -1.36. The Labute approximate surface area is 100 Å². The van der Waals surface area contributed by atoms with Gasteiger partial charge in [0.15, 0.2) is 0 Å². The molecule has 0 aromatic carbocycles. The Bertz CT molecular complexity index is 377. The average molecular weight is 238 g/mol. The molecule has 0 aromatic heterocycles. The van der Waals surface area contributed by atoms with Crippen molar-refractivity contribution in [3.63, 3.8) is 0 Å². The van der Waals surface area contributed by atoms with Crippen LogP contribution in [-0.4, -0.2) is 36.6 Å². The maximum Gasteiger partial charge on any atom is 0.311 e. The topological polar surface area (TPSA) is 78.4 Å². The molecule has 1 aliphatic carbocycles. The SMILES string of the molecule is CC(C(=O)NCC1(C(=O)O)CCC1)=C1CNC1. The third kappa shape index (κ3) is 2.20. The number of nitrogens with one attached hydrogen (secondary N) is 2. The van der Waals surface area contributed by atoms with Crippen molar-refractivity contribution in [3.8, 4) is 0 Å². The molecule has 0 aromatic rings. The number of carboxylic acids is 1. The second-order valence-electron chi connectivity index (χ2n) is 4.95. The molecular weight excluding hydrogens is 220 g/mol. The molecule has 94 valence electrons. The van der Waals surface area contributed by atoms with Gasteiger partial charge in [-0.05, 0) is 25.3 Å². The molecule has 1 saturated heterocycles. The second kappa shape index (κ2) is 4.49. The van der Waals surface area contributed by atoms with E-state index in [1.807, 2.05) is 0 Å². The molecule has 2 aliphatic rings. The lowest BCUT2D eigenvalue weighted by Crippen LogP contribution is -2.48. The summed E-state index contributed by atoms with van der Waals surface area (Å²) in [5.41, 5.74) is 1.13. The van der Waals surface area contributed by atoms with E-state index in [1.165, 1.54) is 0 Å². The molecule has 2 fully saturated rings. The van der Waals surface area contributed by atoms with E-state index in [1.54, 1.807) is 6.92 Å². The van der Waals surface area contributed by atoms with E-state index in [0.29, 0.717) is 12.8 Å². The minimum Gasteiger partial charge on any atom is -0.481 e. The number of carboxylic acid groups (broad SMARTS) is 1. The lowest BCUT2D eigenvalue weighted by molar-refractivity contribution is -0.154. The van der Waals surface area contributed by atoms with Gasteiger partial charge in [0, 0.05) is 25.2 Å². The molecule has 0 spiro atoms. The Morgan fingerprint density at radius 2 is 2.06 bits per heavy atom. The molecule has 0 radical (unpaired) electrons. The third-order valence-corrected chi connectivity index (χ3v) is 3.90. The van der Waals surface area contributed by atoms with Crippen LogP contribution in [-0.2, 0) is 9.59 Å². The van der Waals surface area contributed by atoms with Crippen molar-refractivity contribution in [2.75, 3.05) is 19.6 Å². The van der Waals surface area contributed by atoms with E-state index >= 15 is 0 Å². The smallest absolute Gasteiger partial charge is 0.311 e. The first-order valence-electron chi connectivity index (χ1n) is 5.96. The zero-order chi connectivity index (χ0) is 12.5. The number of carbonyl (C=O) groups is 2. The van der Waals surface area contributed by atoms with Gasteiger partial charge in [-0.25, -0.2) is 0 Å². The van der Waals surface area contributed by atoms with E-state index in [2.05, 4.69) is 10.6 Å². The van der Waals surface area contributed by atoms with Crippen LogP contribution in [0.5, 0.6) is 0 Å². The standard InChI is InChI=1S/C12H18N2O3/c1-8(9-5-13-6-9)10(15)14-7-12(11(16)17)3-2-4-12/h13H,2-7H2,1H3,(H,14,15)(H,16,17). The summed E-state index contributed by atoms with van der Waals surface area (Å²) in [7, 11) is 0. The number of hydrogen-bond acceptors (Lipinski definition) is 3. The zero-order valence-corrected chi connectivity index (χ0v) is 10.0. The summed E-state index contributed by atoms with van der Waals surface area (Å²) in [6, 6.07) is 0. The molecular formula is C12H18N2O3. The molecule has 0 bridgehead atoms. The van der Waals surface area contributed by atoms with Gasteiger partial charge in [0.05, 0.1) is 5.41 Å². The molecule has 1 amide bonds. The molecule has 2 rings (SSSR count). The quantitative estimate of drug-likeness (QED) is 0.615. The highest BCUT2D eigenvalue weighted by Crippen LogP contribution is 2.40. The van der Waals surface area contributed by atoms with Crippen LogP contribution >= 0.6 is 0 Å². The van der Waals surface area contributed by atoms with Gasteiger partial charge in [-0.1, -0.05) is 6.42 Å². The van der Waals surface area contributed by atoms with Crippen LogP contribution in [0.15, 0.2) is 11.1 Å². The largest absolute Gasteiger partial charge is 0.481 e. The number of amides is 1. The van der Waals surface area contributed by atoms with Crippen LogP contribution < -0.4 is 10.6 Å². The number of rotatable bonds is 4. The molecule has 1 aliphatic heterocycles. The highest BCUT2D eigenvalue weighted by molar-refractivity contribution is 5.94. The van der Waals surface area contributed by atoms with Gasteiger partial charge in [0.25, 0.3) is 0 Å².